The summed E-state index contributed by atoms with van der Waals surface area (Å²) in [5.41, 5.74) is 8.89. The number of benzene rings is 2. The van der Waals surface area contributed by atoms with Gasteiger partial charge in [0.25, 0.3) is 0 Å². The number of nitrogens with zero attached hydrogens (tertiary/aromatic N) is 1. The van der Waals surface area contributed by atoms with Crippen LogP contribution in [-0.4, -0.2) is 24.1 Å². The number of hydrogen-bond donors (Lipinski definition) is 2. The summed E-state index contributed by atoms with van der Waals surface area (Å²) in [4.78, 5) is 13.9. The lowest BCUT2D eigenvalue weighted by molar-refractivity contribution is -0.112. The van der Waals surface area contributed by atoms with Gasteiger partial charge in [0, 0.05) is 23.9 Å². The van der Waals surface area contributed by atoms with E-state index in [2.05, 4.69) is 4.90 Å². The van der Waals surface area contributed by atoms with E-state index in [1.807, 2.05) is 61.7 Å². The molecule has 1 amide bonds. The number of amides is 1. The highest BCUT2D eigenvalue weighted by Crippen LogP contribution is 2.33. The van der Waals surface area contributed by atoms with Crippen LogP contribution >= 0.6 is 0 Å². The van der Waals surface area contributed by atoms with Gasteiger partial charge in [0.05, 0.1) is 6.04 Å². The van der Waals surface area contributed by atoms with Crippen molar-refractivity contribution in [1.29, 1.82) is 0 Å². The fourth-order valence-electron chi connectivity index (χ4n) is 2.74. The summed E-state index contributed by atoms with van der Waals surface area (Å²) in [7, 11) is 1.99. The Hall–Kier alpha value is -3.01. The van der Waals surface area contributed by atoms with Crippen molar-refractivity contribution in [2.24, 2.45) is 5.73 Å². The molecular weight excluding hydrogens is 288 g/mol. The molecule has 0 aromatic heterocycles. The highest BCUT2D eigenvalue weighted by molar-refractivity contribution is 6.21. The Labute approximate surface area is 135 Å². The Bertz CT molecular complexity index is 791. The van der Waals surface area contributed by atoms with Crippen LogP contribution in [0.1, 0.15) is 11.1 Å². The van der Waals surface area contributed by atoms with E-state index in [9.17, 15) is 9.90 Å². The number of phenolic OH excluding ortho intramolecular Hbond substituents is 1. The average molecular weight is 306 g/mol. The van der Waals surface area contributed by atoms with Crippen molar-refractivity contribution in [1.82, 2.24) is 0 Å². The van der Waals surface area contributed by atoms with E-state index in [0.717, 1.165) is 16.8 Å². The maximum Gasteiger partial charge on any atom is 0.249 e. The molecule has 2 aromatic carbocycles. The lowest BCUT2D eigenvalue weighted by Crippen LogP contribution is -2.33. The number of carbonyl (C=O) groups is 1. The largest absolute Gasteiger partial charge is 0.508 e. The molecule has 116 valence electrons. The van der Waals surface area contributed by atoms with E-state index in [4.69, 9.17) is 5.73 Å². The molecule has 1 atom stereocenters. The summed E-state index contributed by atoms with van der Waals surface area (Å²) in [6.45, 7) is 0. The second-order valence-corrected chi connectivity index (χ2v) is 5.51. The highest BCUT2D eigenvalue weighted by atomic mass is 16.3. The van der Waals surface area contributed by atoms with Crippen LogP contribution in [0.4, 0.5) is 5.69 Å². The molecule has 2 aromatic rings. The number of anilines is 1. The molecule has 3 rings (SSSR count). The molecule has 4 nitrogen and oxygen atoms in total. The molecule has 1 aliphatic rings. The van der Waals surface area contributed by atoms with Gasteiger partial charge >= 0.3 is 0 Å². The van der Waals surface area contributed by atoms with Gasteiger partial charge in [0.1, 0.15) is 5.75 Å². The van der Waals surface area contributed by atoms with Crippen molar-refractivity contribution in [3.05, 3.63) is 71.8 Å². The molecular formula is C19H18N2O2. The Morgan fingerprint density at radius 3 is 2.57 bits per heavy atom. The number of fused-ring (bicyclic) bond motifs is 1. The third-order valence-electron chi connectivity index (χ3n) is 4.00. The summed E-state index contributed by atoms with van der Waals surface area (Å²) >= 11 is 0. The van der Waals surface area contributed by atoms with Crippen molar-refractivity contribution in [2.45, 2.75) is 6.04 Å². The summed E-state index contributed by atoms with van der Waals surface area (Å²) in [6.07, 6.45) is 5.84. The van der Waals surface area contributed by atoms with E-state index >= 15 is 0 Å². The SMILES string of the molecule is CN1c2ccccc2C(C(N)=O)=CC1/C=C/c1ccc(O)cc1. The van der Waals surface area contributed by atoms with E-state index in [-0.39, 0.29) is 11.8 Å². The van der Waals surface area contributed by atoms with Crippen LogP contribution in [0.15, 0.2) is 60.7 Å². The number of hydrogen-bond acceptors (Lipinski definition) is 3. The number of primary amides is 1. The van der Waals surface area contributed by atoms with Crippen LogP contribution in [0.25, 0.3) is 11.6 Å². The number of para-hydroxylation sites is 1. The molecule has 0 bridgehead atoms. The standard InChI is InChI=1S/C19H18N2O2/c1-21-14(9-6-13-7-10-15(22)11-8-13)12-17(19(20)23)16-4-2-3-5-18(16)21/h2-12,14,22H,1H3,(H2,20,23)/b9-6+. The van der Waals surface area contributed by atoms with Crippen LogP contribution in [-0.2, 0) is 4.79 Å². The molecule has 0 fully saturated rings. The Morgan fingerprint density at radius 2 is 1.87 bits per heavy atom. The zero-order valence-electron chi connectivity index (χ0n) is 12.8. The molecule has 23 heavy (non-hydrogen) atoms. The molecule has 0 saturated carbocycles. The van der Waals surface area contributed by atoms with Crippen LogP contribution < -0.4 is 10.6 Å². The maximum absolute atomic E-state index is 11.8. The van der Waals surface area contributed by atoms with E-state index < -0.39 is 5.91 Å². The molecule has 0 radical (unpaired) electrons. The fraction of sp³-hybridized carbons (Fsp3) is 0.105. The maximum atomic E-state index is 11.8. The predicted molar refractivity (Wildman–Crippen MR) is 92.9 cm³/mol. The predicted octanol–water partition coefficient (Wildman–Crippen LogP) is 2.79. The van der Waals surface area contributed by atoms with Crippen LogP contribution in [0, 0.1) is 0 Å². The minimum Gasteiger partial charge on any atom is -0.508 e. The first-order valence-corrected chi connectivity index (χ1v) is 7.37. The van der Waals surface area contributed by atoms with Gasteiger partial charge in [-0.2, -0.15) is 0 Å². The van der Waals surface area contributed by atoms with Crippen LogP contribution in [0.3, 0.4) is 0 Å². The lowest BCUT2D eigenvalue weighted by atomic mass is 9.94. The minimum absolute atomic E-state index is 0.0683. The van der Waals surface area contributed by atoms with Gasteiger partial charge in [-0.1, -0.05) is 42.5 Å². The van der Waals surface area contributed by atoms with Gasteiger partial charge in [0.2, 0.25) is 5.91 Å². The van der Waals surface area contributed by atoms with Crippen molar-refractivity contribution in [3.63, 3.8) is 0 Å². The fourth-order valence-corrected chi connectivity index (χ4v) is 2.74. The van der Waals surface area contributed by atoms with Gasteiger partial charge in [-0.15, -0.1) is 0 Å². The Kier molecular flexibility index (Phi) is 3.89. The van der Waals surface area contributed by atoms with Gasteiger partial charge in [0.15, 0.2) is 0 Å². The molecule has 0 saturated heterocycles. The summed E-state index contributed by atoms with van der Waals surface area (Å²) in [6, 6.07) is 14.6. The Balaban J connectivity index is 1.95. The first kappa shape index (κ1) is 14.9. The zero-order valence-corrected chi connectivity index (χ0v) is 12.8. The van der Waals surface area contributed by atoms with Crippen molar-refractivity contribution < 1.29 is 9.90 Å². The molecule has 3 N–H and O–H groups in total. The van der Waals surface area contributed by atoms with Crippen molar-refractivity contribution in [3.8, 4) is 5.75 Å². The van der Waals surface area contributed by atoms with E-state index in [1.165, 1.54) is 0 Å². The zero-order chi connectivity index (χ0) is 16.4. The first-order valence-electron chi connectivity index (χ1n) is 7.37. The van der Waals surface area contributed by atoms with Crippen LogP contribution in [0.5, 0.6) is 5.75 Å². The summed E-state index contributed by atoms with van der Waals surface area (Å²) < 4.78 is 0. The smallest absolute Gasteiger partial charge is 0.249 e. The third kappa shape index (κ3) is 2.97. The first-order chi connectivity index (χ1) is 11.1. The third-order valence-corrected chi connectivity index (χ3v) is 4.00. The molecule has 0 aliphatic carbocycles. The van der Waals surface area contributed by atoms with E-state index in [1.54, 1.807) is 12.1 Å². The number of aromatic hydroxyl groups is 1. The molecule has 1 heterocycles. The normalized spacial score (nSPS) is 17.0. The molecule has 1 aliphatic heterocycles. The van der Waals surface area contributed by atoms with E-state index in [0.29, 0.717) is 5.57 Å². The van der Waals surface area contributed by atoms with Crippen molar-refractivity contribution in [2.75, 3.05) is 11.9 Å². The van der Waals surface area contributed by atoms with Crippen LogP contribution in [0.2, 0.25) is 0 Å². The highest BCUT2D eigenvalue weighted by Gasteiger charge is 2.24. The second-order valence-electron chi connectivity index (χ2n) is 5.51. The second kappa shape index (κ2) is 6.01. The summed E-state index contributed by atoms with van der Waals surface area (Å²) in [5, 5.41) is 9.33. The lowest BCUT2D eigenvalue weighted by Gasteiger charge is -2.32. The minimum atomic E-state index is -0.423. The average Bonchev–Trinajstić information content (AvgIpc) is 2.55. The number of likely N-dealkylation sites (N-methyl/N-ethyl adjacent to an activating group) is 1. The van der Waals surface area contributed by atoms with Crippen molar-refractivity contribution >= 4 is 23.2 Å². The Morgan fingerprint density at radius 1 is 1.17 bits per heavy atom. The van der Waals surface area contributed by atoms with Gasteiger partial charge in [-0.3, -0.25) is 4.79 Å². The number of carbonyl (C=O) groups excluding carboxylic acids is 1. The number of phenols is 1. The number of rotatable bonds is 3. The number of nitrogens with two attached hydrogens (primary N) is 1. The molecule has 0 spiro atoms. The van der Waals surface area contributed by atoms with Gasteiger partial charge in [-0.05, 0) is 29.8 Å². The topological polar surface area (TPSA) is 66.6 Å². The van der Waals surface area contributed by atoms with Gasteiger partial charge in [-0.25, -0.2) is 0 Å². The van der Waals surface area contributed by atoms with Gasteiger partial charge < -0.3 is 15.7 Å². The monoisotopic (exact) mass is 306 g/mol. The molecule has 1 unspecified atom stereocenters. The molecule has 4 heteroatoms. The quantitative estimate of drug-likeness (QED) is 0.916. The summed E-state index contributed by atoms with van der Waals surface area (Å²) in [5.74, 6) is -0.185.